The molecule has 1 aliphatic heterocycles. The largest absolute Gasteiger partial charge is 0.437 e. The first-order valence-electron chi connectivity index (χ1n) is 9.05. The number of nitrogens with one attached hydrogen (secondary N) is 2. The first kappa shape index (κ1) is 19.2. The molecule has 9 nitrogen and oxygen atoms in total. The summed E-state index contributed by atoms with van der Waals surface area (Å²) in [5, 5.41) is 13.1. The molecule has 3 aromatic rings. The number of fused-ring (bicyclic) bond motifs is 1. The average molecular weight is 408 g/mol. The molecule has 1 fully saturated rings. The SMILES string of the molecule is Cn1cc(NC(=O)c2cnn3ccc(N4CCCNCC4)nc23)c(C(F)(F)F)n1. The summed E-state index contributed by atoms with van der Waals surface area (Å²) in [6.45, 7) is 3.33. The second-order valence-corrected chi connectivity index (χ2v) is 6.72. The van der Waals surface area contributed by atoms with E-state index in [4.69, 9.17) is 0 Å². The first-order chi connectivity index (χ1) is 13.8. The van der Waals surface area contributed by atoms with Crippen LogP contribution in [0.3, 0.4) is 0 Å². The Balaban J connectivity index is 1.64. The van der Waals surface area contributed by atoms with Crippen LogP contribution in [0.1, 0.15) is 22.5 Å². The van der Waals surface area contributed by atoms with Crippen LogP contribution in [-0.2, 0) is 13.2 Å². The molecule has 29 heavy (non-hydrogen) atoms. The fourth-order valence-corrected chi connectivity index (χ4v) is 3.25. The van der Waals surface area contributed by atoms with Gasteiger partial charge in [0, 0.05) is 39.1 Å². The van der Waals surface area contributed by atoms with Crippen molar-refractivity contribution in [3.05, 3.63) is 35.9 Å². The molecule has 1 saturated heterocycles. The van der Waals surface area contributed by atoms with Crippen LogP contribution < -0.4 is 15.5 Å². The summed E-state index contributed by atoms with van der Waals surface area (Å²) in [4.78, 5) is 19.3. The molecule has 0 radical (unpaired) electrons. The zero-order valence-electron chi connectivity index (χ0n) is 15.6. The highest BCUT2D eigenvalue weighted by Gasteiger charge is 2.37. The van der Waals surface area contributed by atoms with E-state index < -0.39 is 23.5 Å². The van der Waals surface area contributed by atoms with Crippen LogP contribution in [0.5, 0.6) is 0 Å². The summed E-state index contributed by atoms with van der Waals surface area (Å²) in [5.41, 5.74) is -1.22. The van der Waals surface area contributed by atoms with Gasteiger partial charge in [0.2, 0.25) is 0 Å². The standard InChI is InChI=1S/C17H19F3N8O/c1-26-10-12(14(25-26)17(18,19)20)23-16(29)11-9-22-28-7-3-13(24-15(11)28)27-6-2-4-21-5-8-27/h3,7,9-10,21H,2,4-6,8H2,1H3,(H,23,29). The fourth-order valence-electron chi connectivity index (χ4n) is 3.25. The lowest BCUT2D eigenvalue weighted by Crippen LogP contribution is -2.28. The maximum Gasteiger partial charge on any atom is 0.437 e. The molecule has 1 aliphatic rings. The van der Waals surface area contributed by atoms with Gasteiger partial charge in [-0.25, -0.2) is 9.50 Å². The van der Waals surface area contributed by atoms with E-state index in [0.717, 1.165) is 43.5 Å². The zero-order valence-corrected chi connectivity index (χ0v) is 15.6. The normalized spacial score (nSPS) is 15.5. The molecule has 0 unspecified atom stereocenters. The number of carbonyl (C=O) groups excluding carboxylic acids is 1. The van der Waals surface area contributed by atoms with Crippen molar-refractivity contribution in [2.45, 2.75) is 12.6 Å². The summed E-state index contributed by atoms with van der Waals surface area (Å²) >= 11 is 0. The van der Waals surface area contributed by atoms with E-state index >= 15 is 0 Å². The van der Waals surface area contributed by atoms with Gasteiger partial charge in [0.15, 0.2) is 11.3 Å². The number of alkyl halides is 3. The predicted octanol–water partition coefficient (Wildman–Crippen LogP) is 1.53. The number of aryl methyl sites for hydroxylation is 1. The number of amides is 1. The first-order valence-corrected chi connectivity index (χ1v) is 9.05. The summed E-state index contributed by atoms with van der Waals surface area (Å²) in [5.74, 6) is -0.0474. The van der Waals surface area contributed by atoms with Gasteiger partial charge in [-0.05, 0) is 19.0 Å². The van der Waals surface area contributed by atoms with Gasteiger partial charge < -0.3 is 15.5 Å². The highest BCUT2D eigenvalue weighted by molar-refractivity contribution is 6.08. The van der Waals surface area contributed by atoms with Gasteiger partial charge in [-0.2, -0.15) is 23.4 Å². The summed E-state index contributed by atoms with van der Waals surface area (Å²) in [6.07, 6.45) is 0.348. The Hall–Kier alpha value is -3.15. The Bertz CT molecular complexity index is 1030. The second kappa shape index (κ2) is 7.35. The number of rotatable bonds is 3. The predicted molar refractivity (Wildman–Crippen MR) is 98.8 cm³/mol. The van der Waals surface area contributed by atoms with Gasteiger partial charge >= 0.3 is 6.18 Å². The van der Waals surface area contributed by atoms with E-state index in [1.807, 2.05) is 0 Å². The van der Waals surface area contributed by atoms with Crippen LogP contribution in [0.4, 0.5) is 24.7 Å². The molecule has 0 bridgehead atoms. The lowest BCUT2D eigenvalue weighted by atomic mass is 10.3. The van der Waals surface area contributed by atoms with Crippen molar-refractivity contribution in [1.82, 2.24) is 29.7 Å². The Morgan fingerprint density at radius 3 is 2.90 bits per heavy atom. The summed E-state index contributed by atoms with van der Waals surface area (Å²) < 4.78 is 41.8. The van der Waals surface area contributed by atoms with E-state index in [0.29, 0.717) is 5.82 Å². The molecule has 3 aromatic heterocycles. The third-order valence-corrected chi connectivity index (χ3v) is 4.61. The molecule has 154 valence electrons. The van der Waals surface area contributed by atoms with E-state index in [-0.39, 0.29) is 11.2 Å². The molecule has 0 atom stereocenters. The molecule has 4 rings (SSSR count). The molecule has 0 saturated carbocycles. The maximum atomic E-state index is 13.1. The lowest BCUT2D eigenvalue weighted by Gasteiger charge is -2.20. The van der Waals surface area contributed by atoms with Crippen LogP contribution in [0.15, 0.2) is 24.7 Å². The van der Waals surface area contributed by atoms with Crippen molar-refractivity contribution in [2.24, 2.45) is 7.05 Å². The monoisotopic (exact) mass is 408 g/mol. The Morgan fingerprint density at radius 2 is 2.10 bits per heavy atom. The van der Waals surface area contributed by atoms with Crippen molar-refractivity contribution in [1.29, 1.82) is 0 Å². The molecule has 0 aliphatic carbocycles. The number of aromatic nitrogens is 5. The van der Waals surface area contributed by atoms with Crippen molar-refractivity contribution in [3.8, 4) is 0 Å². The van der Waals surface area contributed by atoms with Crippen LogP contribution in [0.2, 0.25) is 0 Å². The molecule has 0 aromatic carbocycles. The van der Waals surface area contributed by atoms with Crippen molar-refractivity contribution in [3.63, 3.8) is 0 Å². The lowest BCUT2D eigenvalue weighted by molar-refractivity contribution is -0.140. The fraction of sp³-hybridized carbons (Fsp3) is 0.412. The number of hydrogen-bond acceptors (Lipinski definition) is 6. The van der Waals surface area contributed by atoms with Crippen molar-refractivity contribution in [2.75, 3.05) is 36.4 Å². The van der Waals surface area contributed by atoms with Crippen LogP contribution in [-0.4, -0.2) is 56.5 Å². The minimum atomic E-state index is -4.68. The van der Waals surface area contributed by atoms with Crippen LogP contribution in [0, 0.1) is 0 Å². The number of hydrogen-bond donors (Lipinski definition) is 2. The van der Waals surface area contributed by atoms with Crippen LogP contribution in [0.25, 0.3) is 5.65 Å². The van der Waals surface area contributed by atoms with Crippen molar-refractivity contribution < 1.29 is 18.0 Å². The van der Waals surface area contributed by atoms with Gasteiger partial charge in [0.05, 0.1) is 11.9 Å². The molecule has 4 heterocycles. The van der Waals surface area contributed by atoms with E-state index in [2.05, 4.69) is 30.7 Å². The molecule has 12 heteroatoms. The summed E-state index contributed by atoms with van der Waals surface area (Å²) in [6, 6.07) is 1.80. The molecular weight excluding hydrogens is 389 g/mol. The third kappa shape index (κ3) is 3.88. The highest BCUT2D eigenvalue weighted by Crippen LogP contribution is 2.33. The van der Waals surface area contributed by atoms with Gasteiger partial charge in [-0.3, -0.25) is 9.48 Å². The zero-order chi connectivity index (χ0) is 20.6. The van der Waals surface area contributed by atoms with Gasteiger partial charge in [0.25, 0.3) is 5.91 Å². The number of anilines is 2. The third-order valence-electron chi connectivity index (χ3n) is 4.61. The number of halogens is 3. The Kier molecular flexibility index (Phi) is 4.86. The van der Waals surface area contributed by atoms with Gasteiger partial charge in [-0.15, -0.1) is 0 Å². The Morgan fingerprint density at radius 1 is 1.28 bits per heavy atom. The van der Waals surface area contributed by atoms with E-state index in [1.165, 1.54) is 17.8 Å². The maximum absolute atomic E-state index is 13.1. The van der Waals surface area contributed by atoms with E-state index in [1.54, 1.807) is 12.3 Å². The average Bonchev–Trinajstić information content (AvgIpc) is 3.14. The van der Waals surface area contributed by atoms with Gasteiger partial charge in [-0.1, -0.05) is 0 Å². The van der Waals surface area contributed by atoms with Crippen LogP contribution >= 0.6 is 0 Å². The van der Waals surface area contributed by atoms with Gasteiger partial charge in [0.1, 0.15) is 11.4 Å². The summed E-state index contributed by atoms with van der Waals surface area (Å²) in [7, 11) is 1.35. The molecular formula is C17H19F3N8O. The highest BCUT2D eigenvalue weighted by atomic mass is 19.4. The number of nitrogens with zero attached hydrogens (tertiary/aromatic N) is 6. The molecule has 2 N–H and O–H groups in total. The minimum absolute atomic E-state index is 0.0803. The van der Waals surface area contributed by atoms with Crippen molar-refractivity contribution >= 4 is 23.1 Å². The number of carbonyl (C=O) groups is 1. The second-order valence-electron chi connectivity index (χ2n) is 6.72. The topological polar surface area (TPSA) is 92.4 Å². The quantitative estimate of drug-likeness (QED) is 0.683. The molecule has 1 amide bonds. The Labute approximate surface area is 163 Å². The minimum Gasteiger partial charge on any atom is -0.355 e. The smallest absolute Gasteiger partial charge is 0.355 e. The van der Waals surface area contributed by atoms with E-state index in [9.17, 15) is 18.0 Å². The molecule has 0 spiro atoms.